The molecule has 4 rings (SSSR count). The van der Waals surface area contributed by atoms with Gasteiger partial charge in [-0.15, -0.1) is 0 Å². The van der Waals surface area contributed by atoms with Crippen molar-refractivity contribution in [2.24, 2.45) is 0 Å². The van der Waals surface area contributed by atoms with E-state index in [0.29, 0.717) is 27.9 Å². The SMILES string of the molecule is CCc1ccc2oc(-c3cc(NC(=S)NC(=O)c4cccc([N+](=O)[O-])c4C)cc(C)c3O)nc2c1. The lowest BCUT2D eigenvalue weighted by Gasteiger charge is -2.13. The van der Waals surface area contributed by atoms with Crippen molar-refractivity contribution in [2.45, 2.75) is 27.2 Å². The van der Waals surface area contributed by atoms with E-state index in [1.807, 2.05) is 18.2 Å². The summed E-state index contributed by atoms with van der Waals surface area (Å²) in [4.78, 5) is 27.8. The van der Waals surface area contributed by atoms with E-state index in [0.717, 1.165) is 12.0 Å². The van der Waals surface area contributed by atoms with Gasteiger partial charge in [-0.2, -0.15) is 0 Å². The minimum atomic E-state index is -0.579. The number of aromatic hydroxyl groups is 1. The average Bonchev–Trinajstić information content (AvgIpc) is 3.24. The number of aromatic nitrogens is 1. The molecular formula is C25H22N4O5S. The number of nitrogens with zero attached hydrogens (tertiary/aromatic N) is 2. The van der Waals surface area contributed by atoms with Crippen LogP contribution >= 0.6 is 12.2 Å². The molecule has 1 heterocycles. The van der Waals surface area contributed by atoms with Crippen LogP contribution in [0.3, 0.4) is 0 Å². The molecule has 0 fully saturated rings. The van der Waals surface area contributed by atoms with Crippen LogP contribution in [0, 0.1) is 24.0 Å². The van der Waals surface area contributed by atoms with Crippen LogP contribution in [-0.2, 0) is 6.42 Å². The summed E-state index contributed by atoms with van der Waals surface area (Å²) < 4.78 is 5.86. The first-order valence-electron chi connectivity index (χ1n) is 10.8. The number of carbonyl (C=O) groups is 1. The molecule has 0 atom stereocenters. The van der Waals surface area contributed by atoms with Crippen molar-refractivity contribution < 1.29 is 19.2 Å². The van der Waals surface area contributed by atoms with Crippen LogP contribution in [0.5, 0.6) is 5.75 Å². The summed E-state index contributed by atoms with van der Waals surface area (Å²) in [5.41, 5.74) is 4.04. The van der Waals surface area contributed by atoms with E-state index in [4.69, 9.17) is 16.6 Å². The normalized spacial score (nSPS) is 10.8. The van der Waals surface area contributed by atoms with Gasteiger partial charge in [0.25, 0.3) is 11.6 Å². The van der Waals surface area contributed by atoms with Crippen molar-refractivity contribution in [3.05, 3.63) is 80.9 Å². The van der Waals surface area contributed by atoms with Crippen LogP contribution in [0.4, 0.5) is 11.4 Å². The number of hydrogen-bond acceptors (Lipinski definition) is 7. The number of nitrogens with one attached hydrogen (secondary N) is 2. The molecule has 3 N–H and O–H groups in total. The van der Waals surface area contributed by atoms with Crippen LogP contribution in [0.25, 0.3) is 22.6 Å². The van der Waals surface area contributed by atoms with E-state index < -0.39 is 10.8 Å². The Morgan fingerprint density at radius 1 is 1.20 bits per heavy atom. The maximum Gasteiger partial charge on any atom is 0.273 e. The van der Waals surface area contributed by atoms with Gasteiger partial charge in [0, 0.05) is 22.9 Å². The van der Waals surface area contributed by atoms with Gasteiger partial charge in [-0.25, -0.2) is 4.98 Å². The molecule has 0 saturated heterocycles. The molecule has 0 aliphatic heterocycles. The fourth-order valence-corrected chi connectivity index (χ4v) is 3.93. The number of anilines is 1. The number of thiocarbonyl (C=S) groups is 1. The Hall–Kier alpha value is -4.31. The number of amides is 1. The van der Waals surface area contributed by atoms with Crippen LogP contribution in [0.15, 0.2) is 52.9 Å². The summed E-state index contributed by atoms with van der Waals surface area (Å²) in [6.07, 6.45) is 0.862. The number of hydrogen-bond donors (Lipinski definition) is 3. The number of fused-ring (bicyclic) bond motifs is 1. The van der Waals surface area contributed by atoms with Crippen molar-refractivity contribution in [1.82, 2.24) is 10.3 Å². The highest BCUT2D eigenvalue weighted by molar-refractivity contribution is 7.80. The Morgan fingerprint density at radius 2 is 1.97 bits per heavy atom. The second-order valence-electron chi connectivity index (χ2n) is 7.98. The van der Waals surface area contributed by atoms with Crippen LogP contribution < -0.4 is 10.6 Å². The van der Waals surface area contributed by atoms with Gasteiger partial charge in [0.2, 0.25) is 5.89 Å². The second-order valence-corrected chi connectivity index (χ2v) is 8.39. The van der Waals surface area contributed by atoms with Crippen molar-refractivity contribution in [1.29, 1.82) is 0 Å². The quantitative estimate of drug-likeness (QED) is 0.146. The smallest absolute Gasteiger partial charge is 0.273 e. The van der Waals surface area contributed by atoms with E-state index in [1.54, 1.807) is 19.1 Å². The topological polar surface area (TPSA) is 131 Å². The molecule has 0 spiro atoms. The largest absolute Gasteiger partial charge is 0.507 e. The summed E-state index contributed by atoms with van der Waals surface area (Å²) in [6, 6.07) is 13.3. The van der Waals surface area contributed by atoms with Gasteiger partial charge in [0.15, 0.2) is 10.7 Å². The molecule has 4 aromatic rings. The lowest BCUT2D eigenvalue weighted by molar-refractivity contribution is -0.385. The molecule has 0 radical (unpaired) electrons. The number of phenols is 1. The molecule has 0 saturated carbocycles. The minimum absolute atomic E-state index is 0.0119. The number of phenolic OH excluding ortho intramolecular Hbond substituents is 1. The third-order valence-electron chi connectivity index (χ3n) is 5.62. The highest BCUT2D eigenvalue weighted by Crippen LogP contribution is 2.36. The summed E-state index contributed by atoms with van der Waals surface area (Å²) in [5.74, 6) is -0.315. The fraction of sp³-hybridized carbons (Fsp3) is 0.160. The van der Waals surface area contributed by atoms with Crippen molar-refractivity contribution >= 4 is 45.7 Å². The maximum atomic E-state index is 12.7. The first-order valence-corrected chi connectivity index (χ1v) is 11.2. The molecule has 0 aliphatic rings. The fourth-order valence-electron chi connectivity index (χ4n) is 3.72. The predicted molar refractivity (Wildman–Crippen MR) is 137 cm³/mol. The molecule has 0 aliphatic carbocycles. The third-order valence-corrected chi connectivity index (χ3v) is 5.83. The highest BCUT2D eigenvalue weighted by atomic mass is 32.1. The molecule has 1 amide bonds. The molecule has 0 bridgehead atoms. The Kier molecular flexibility index (Phi) is 6.48. The zero-order valence-corrected chi connectivity index (χ0v) is 20.0. The standard InChI is InChI=1S/C25H22N4O5S/c1-4-15-8-9-21-19(11-15)27-24(34-21)18-12-16(10-13(2)22(18)30)26-25(35)28-23(31)17-6-5-7-20(14(17)3)29(32)33/h5-12,30H,4H2,1-3H3,(H2,26,28,31,35). The van der Waals surface area contributed by atoms with Crippen molar-refractivity contribution in [3.8, 4) is 17.2 Å². The van der Waals surface area contributed by atoms with Gasteiger partial charge in [-0.05, 0) is 73.9 Å². The van der Waals surface area contributed by atoms with Crippen LogP contribution in [0.1, 0.15) is 34.0 Å². The Bertz CT molecular complexity index is 1490. The van der Waals surface area contributed by atoms with E-state index in [1.165, 1.54) is 25.1 Å². The molecular weight excluding hydrogens is 468 g/mol. The van der Waals surface area contributed by atoms with Gasteiger partial charge < -0.3 is 14.8 Å². The first kappa shape index (κ1) is 23.8. The molecule has 0 unspecified atom stereocenters. The van der Waals surface area contributed by atoms with E-state index in [2.05, 4.69) is 22.5 Å². The lowest BCUT2D eigenvalue weighted by Crippen LogP contribution is -2.34. The molecule has 1 aromatic heterocycles. The zero-order valence-electron chi connectivity index (χ0n) is 19.2. The molecule has 35 heavy (non-hydrogen) atoms. The molecule has 9 nitrogen and oxygen atoms in total. The Labute approximate surface area is 205 Å². The Balaban J connectivity index is 1.58. The van der Waals surface area contributed by atoms with Crippen LogP contribution in [0.2, 0.25) is 0 Å². The van der Waals surface area contributed by atoms with Gasteiger partial charge in [-0.3, -0.25) is 20.2 Å². The number of carbonyl (C=O) groups excluding carboxylic acids is 1. The number of aryl methyl sites for hydroxylation is 2. The average molecular weight is 491 g/mol. The van der Waals surface area contributed by atoms with Crippen molar-refractivity contribution in [3.63, 3.8) is 0 Å². The third kappa shape index (κ3) is 4.82. The molecule has 178 valence electrons. The van der Waals surface area contributed by atoms with Crippen LogP contribution in [-0.4, -0.2) is 26.0 Å². The number of oxazole rings is 1. The number of nitro groups is 1. The maximum absolute atomic E-state index is 12.7. The zero-order chi connectivity index (χ0) is 25.3. The van der Waals surface area contributed by atoms with E-state index in [9.17, 15) is 20.0 Å². The van der Waals surface area contributed by atoms with Gasteiger partial charge >= 0.3 is 0 Å². The summed E-state index contributed by atoms with van der Waals surface area (Å²) in [7, 11) is 0. The highest BCUT2D eigenvalue weighted by Gasteiger charge is 2.20. The molecule has 3 aromatic carbocycles. The van der Waals surface area contributed by atoms with Gasteiger partial charge in [0.1, 0.15) is 11.3 Å². The second kappa shape index (κ2) is 9.51. The monoisotopic (exact) mass is 490 g/mol. The summed E-state index contributed by atoms with van der Waals surface area (Å²) in [5, 5.41) is 27.2. The number of benzene rings is 3. The Morgan fingerprint density at radius 3 is 2.69 bits per heavy atom. The van der Waals surface area contributed by atoms with Gasteiger partial charge in [-0.1, -0.05) is 19.1 Å². The van der Waals surface area contributed by atoms with Crippen molar-refractivity contribution in [2.75, 3.05) is 5.32 Å². The van der Waals surface area contributed by atoms with E-state index >= 15 is 0 Å². The number of nitro benzene ring substituents is 1. The summed E-state index contributed by atoms with van der Waals surface area (Å²) >= 11 is 5.28. The van der Waals surface area contributed by atoms with Gasteiger partial charge in [0.05, 0.1) is 10.5 Å². The first-order chi connectivity index (χ1) is 16.7. The molecule has 10 heteroatoms. The minimum Gasteiger partial charge on any atom is -0.507 e. The predicted octanol–water partition coefficient (Wildman–Crippen LogP) is 5.41. The lowest BCUT2D eigenvalue weighted by atomic mass is 10.1. The summed E-state index contributed by atoms with van der Waals surface area (Å²) in [6.45, 7) is 5.27. The number of rotatable bonds is 5. The van der Waals surface area contributed by atoms with E-state index in [-0.39, 0.29) is 33.6 Å².